The largest absolute Gasteiger partial charge is 0.508 e. The van der Waals surface area contributed by atoms with Gasteiger partial charge in [-0.15, -0.1) is 0 Å². The summed E-state index contributed by atoms with van der Waals surface area (Å²) in [6.07, 6.45) is 3.54. The highest BCUT2D eigenvalue weighted by Gasteiger charge is 2.25. The molecule has 4 heteroatoms. The molecule has 1 saturated carbocycles. The molecule has 0 saturated heterocycles. The zero-order chi connectivity index (χ0) is 13.1. The maximum Gasteiger partial charge on any atom is 0.131 e. The first-order valence-electron chi connectivity index (χ1n) is 6.50. The molecule has 0 amide bonds. The van der Waals surface area contributed by atoms with Gasteiger partial charge in [-0.1, -0.05) is 18.9 Å². The minimum Gasteiger partial charge on any atom is -0.508 e. The predicted molar refractivity (Wildman–Crippen MR) is 67.9 cm³/mol. The van der Waals surface area contributed by atoms with Gasteiger partial charge in [0.15, 0.2) is 0 Å². The van der Waals surface area contributed by atoms with Crippen LogP contribution in [0.5, 0.6) is 5.75 Å². The van der Waals surface area contributed by atoms with Gasteiger partial charge in [-0.25, -0.2) is 4.39 Å². The summed E-state index contributed by atoms with van der Waals surface area (Å²) in [7, 11) is 0. The van der Waals surface area contributed by atoms with Gasteiger partial charge in [0.25, 0.3) is 0 Å². The molecular formula is C14H20FNO2. The lowest BCUT2D eigenvalue weighted by Crippen LogP contribution is -2.43. The topological polar surface area (TPSA) is 52.5 Å². The Bertz CT molecular complexity index is 411. The van der Waals surface area contributed by atoms with E-state index in [-0.39, 0.29) is 23.9 Å². The number of rotatable bonds is 3. The SMILES string of the molecule is CC(NC1CCCCC1O)c1ccc(O)cc1F. The Kier molecular flexibility index (Phi) is 4.19. The molecule has 18 heavy (non-hydrogen) atoms. The Morgan fingerprint density at radius 2 is 2.06 bits per heavy atom. The maximum absolute atomic E-state index is 13.7. The van der Waals surface area contributed by atoms with E-state index in [2.05, 4.69) is 5.32 Å². The van der Waals surface area contributed by atoms with E-state index in [1.807, 2.05) is 6.92 Å². The van der Waals surface area contributed by atoms with Crippen LogP contribution in [0.25, 0.3) is 0 Å². The number of aliphatic hydroxyl groups is 1. The normalized spacial score (nSPS) is 25.9. The number of halogens is 1. The Morgan fingerprint density at radius 3 is 2.72 bits per heavy atom. The van der Waals surface area contributed by atoms with Crippen LogP contribution in [-0.2, 0) is 0 Å². The maximum atomic E-state index is 13.7. The van der Waals surface area contributed by atoms with Crippen LogP contribution in [-0.4, -0.2) is 22.4 Å². The average molecular weight is 253 g/mol. The summed E-state index contributed by atoms with van der Waals surface area (Å²) < 4.78 is 13.7. The van der Waals surface area contributed by atoms with Gasteiger partial charge in [0.1, 0.15) is 11.6 Å². The van der Waals surface area contributed by atoms with Crippen molar-refractivity contribution in [3.05, 3.63) is 29.6 Å². The highest BCUT2D eigenvalue weighted by Crippen LogP contribution is 2.24. The molecule has 0 heterocycles. The molecule has 0 radical (unpaired) electrons. The summed E-state index contributed by atoms with van der Waals surface area (Å²) in [6.45, 7) is 1.87. The van der Waals surface area contributed by atoms with Crippen molar-refractivity contribution in [3.63, 3.8) is 0 Å². The number of hydrogen-bond donors (Lipinski definition) is 3. The zero-order valence-corrected chi connectivity index (χ0v) is 10.6. The Balaban J connectivity index is 2.04. The van der Waals surface area contributed by atoms with Gasteiger partial charge >= 0.3 is 0 Å². The lowest BCUT2D eigenvalue weighted by atomic mass is 9.91. The smallest absolute Gasteiger partial charge is 0.131 e. The van der Waals surface area contributed by atoms with Crippen LogP contribution < -0.4 is 5.32 Å². The van der Waals surface area contributed by atoms with Gasteiger partial charge in [-0.05, 0) is 25.8 Å². The van der Waals surface area contributed by atoms with E-state index in [4.69, 9.17) is 0 Å². The summed E-state index contributed by atoms with van der Waals surface area (Å²) in [6, 6.07) is 4.03. The molecule has 3 atom stereocenters. The van der Waals surface area contributed by atoms with Crippen LogP contribution in [0.4, 0.5) is 4.39 Å². The molecule has 3 unspecified atom stereocenters. The molecule has 1 aliphatic carbocycles. The fraction of sp³-hybridized carbons (Fsp3) is 0.571. The van der Waals surface area contributed by atoms with E-state index in [0.29, 0.717) is 5.56 Å². The molecule has 3 N–H and O–H groups in total. The minimum absolute atomic E-state index is 0.0296. The molecule has 0 aromatic heterocycles. The third kappa shape index (κ3) is 3.00. The number of aliphatic hydroxyl groups excluding tert-OH is 1. The molecule has 100 valence electrons. The van der Waals surface area contributed by atoms with Crippen LogP contribution in [0, 0.1) is 5.82 Å². The standard InChI is InChI=1S/C14H20FNO2/c1-9(11-7-6-10(17)8-12(11)15)16-13-4-2-3-5-14(13)18/h6-9,13-14,16-18H,2-5H2,1H3. The summed E-state index contributed by atoms with van der Waals surface area (Å²) in [5.74, 6) is -0.485. The van der Waals surface area contributed by atoms with Gasteiger partial charge in [0.05, 0.1) is 6.10 Å². The molecule has 0 spiro atoms. The highest BCUT2D eigenvalue weighted by molar-refractivity contribution is 5.29. The molecule has 1 aromatic rings. The van der Waals surface area contributed by atoms with E-state index >= 15 is 0 Å². The van der Waals surface area contributed by atoms with Crippen molar-refractivity contribution in [1.29, 1.82) is 0 Å². The Morgan fingerprint density at radius 1 is 1.33 bits per heavy atom. The van der Waals surface area contributed by atoms with Crippen LogP contribution in [0.15, 0.2) is 18.2 Å². The number of aromatic hydroxyl groups is 1. The number of benzene rings is 1. The summed E-state index contributed by atoms with van der Waals surface area (Å²) in [5, 5.41) is 22.3. The van der Waals surface area contributed by atoms with Gasteiger partial charge < -0.3 is 15.5 Å². The monoisotopic (exact) mass is 253 g/mol. The fourth-order valence-corrected chi connectivity index (χ4v) is 2.58. The first kappa shape index (κ1) is 13.3. The average Bonchev–Trinajstić information content (AvgIpc) is 2.32. The first-order valence-corrected chi connectivity index (χ1v) is 6.50. The second-order valence-electron chi connectivity index (χ2n) is 5.05. The fourth-order valence-electron chi connectivity index (χ4n) is 2.58. The van der Waals surface area contributed by atoms with Crippen molar-refractivity contribution >= 4 is 0 Å². The molecule has 1 aromatic carbocycles. The van der Waals surface area contributed by atoms with Crippen molar-refractivity contribution in [1.82, 2.24) is 5.32 Å². The minimum atomic E-state index is -0.416. The van der Waals surface area contributed by atoms with E-state index in [1.165, 1.54) is 6.07 Å². The molecule has 0 aliphatic heterocycles. The number of phenolic OH excluding ortho intramolecular Hbond substituents is 1. The summed E-state index contributed by atoms with van der Waals surface area (Å²) in [4.78, 5) is 0. The van der Waals surface area contributed by atoms with Crippen LogP contribution >= 0.6 is 0 Å². The molecule has 3 nitrogen and oxygen atoms in total. The Hall–Kier alpha value is -1.13. The van der Waals surface area contributed by atoms with Crippen molar-refractivity contribution in [3.8, 4) is 5.75 Å². The van der Waals surface area contributed by atoms with Gasteiger partial charge in [0, 0.05) is 23.7 Å². The summed E-state index contributed by atoms with van der Waals surface area (Å²) in [5.41, 5.74) is 0.519. The lowest BCUT2D eigenvalue weighted by Gasteiger charge is -2.31. The van der Waals surface area contributed by atoms with Crippen LogP contribution in [0.3, 0.4) is 0 Å². The third-order valence-electron chi connectivity index (χ3n) is 3.64. The highest BCUT2D eigenvalue weighted by atomic mass is 19.1. The van der Waals surface area contributed by atoms with E-state index in [0.717, 1.165) is 31.7 Å². The van der Waals surface area contributed by atoms with Crippen molar-refractivity contribution < 1.29 is 14.6 Å². The molecule has 2 rings (SSSR count). The van der Waals surface area contributed by atoms with E-state index < -0.39 is 5.82 Å². The molecule has 0 bridgehead atoms. The van der Waals surface area contributed by atoms with Crippen LogP contribution in [0.1, 0.15) is 44.2 Å². The summed E-state index contributed by atoms with van der Waals surface area (Å²) >= 11 is 0. The van der Waals surface area contributed by atoms with E-state index in [9.17, 15) is 14.6 Å². The molecular weight excluding hydrogens is 233 g/mol. The lowest BCUT2D eigenvalue weighted by molar-refractivity contribution is 0.0857. The second-order valence-corrected chi connectivity index (χ2v) is 5.05. The molecule has 1 fully saturated rings. The zero-order valence-electron chi connectivity index (χ0n) is 10.6. The Labute approximate surface area is 107 Å². The number of phenols is 1. The van der Waals surface area contributed by atoms with Crippen molar-refractivity contribution in [2.75, 3.05) is 0 Å². The van der Waals surface area contributed by atoms with Crippen LogP contribution in [0.2, 0.25) is 0 Å². The first-order chi connectivity index (χ1) is 8.58. The van der Waals surface area contributed by atoms with Crippen molar-refractivity contribution in [2.24, 2.45) is 0 Å². The predicted octanol–water partition coefficient (Wildman–Crippen LogP) is 2.49. The quantitative estimate of drug-likeness (QED) is 0.775. The molecule has 1 aliphatic rings. The van der Waals surface area contributed by atoms with Gasteiger partial charge in [-0.2, -0.15) is 0 Å². The van der Waals surface area contributed by atoms with Crippen molar-refractivity contribution in [2.45, 2.75) is 50.8 Å². The van der Waals surface area contributed by atoms with Gasteiger partial charge in [0.2, 0.25) is 0 Å². The third-order valence-corrected chi connectivity index (χ3v) is 3.64. The van der Waals surface area contributed by atoms with Gasteiger partial charge in [-0.3, -0.25) is 0 Å². The van der Waals surface area contributed by atoms with E-state index in [1.54, 1.807) is 6.07 Å². The number of hydrogen-bond acceptors (Lipinski definition) is 3. The second kappa shape index (κ2) is 5.67. The number of nitrogens with one attached hydrogen (secondary N) is 1.